The van der Waals surface area contributed by atoms with Crippen molar-refractivity contribution in [2.45, 2.75) is 25.5 Å². The molecule has 0 spiro atoms. The number of amides is 1. The highest BCUT2D eigenvalue weighted by atomic mass is 16.5. The van der Waals surface area contributed by atoms with Crippen molar-refractivity contribution < 1.29 is 14.3 Å². The molecule has 7 nitrogen and oxygen atoms in total. The highest BCUT2D eigenvalue weighted by Gasteiger charge is 2.39. The molecule has 3 aliphatic rings. The summed E-state index contributed by atoms with van der Waals surface area (Å²) < 4.78 is 13.9. The number of nitrogens with zero attached hydrogens (tertiary/aromatic N) is 3. The summed E-state index contributed by atoms with van der Waals surface area (Å²) in [5.41, 5.74) is 6.94. The summed E-state index contributed by atoms with van der Waals surface area (Å²) in [6.45, 7) is 1.76. The van der Waals surface area contributed by atoms with Crippen LogP contribution in [0.3, 0.4) is 0 Å². The van der Waals surface area contributed by atoms with Gasteiger partial charge in [-0.25, -0.2) is 0 Å². The number of fused-ring (bicyclic) bond motifs is 7. The van der Waals surface area contributed by atoms with Crippen LogP contribution < -0.4 is 15.2 Å². The van der Waals surface area contributed by atoms with Gasteiger partial charge in [0.2, 0.25) is 5.43 Å². The van der Waals surface area contributed by atoms with E-state index >= 15 is 0 Å². The van der Waals surface area contributed by atoms with Gasteiger partial charge in [0.1, 0.15) is 13.3 Å². The molecule has 0 saturated heterocycles. The van der Waals surface area contributed by atoms with Crippen LogP contribution in [0.5, 0.6) is 5.75 Å². The average Bonchev–Trinajstić information content (AvgIpc) is 3.17. The first-order valence-corrected chi connectivity index (χ1v) is 14.1. The van der Waals surface area contributed by atoms with Gasteiger partial charge in [0.15, 0.2) is 11.4 Å². The summed E-state index contributed by atoms with van der Waals surface area (Å²) in [5, 5.41) is 2.20. The smallest absolute Gasteiger partial charge is 0.277 e. The Morgan fingerprint density at radius 3 is 2.59 bits per heavy atom. The number of pyridine rings is 1. The van der Waals surface area contributed by atoms with Crippen molar-refractivity contribution in [1.82, 2.24) is 9.58 Å². The molecule has 41 heavy (non-hydrogen) atoms. The predicted octanol–water partition coefficient (Wildman–Crippen LogP) is 4.71. The van der Waals surface area contributed by atoms with Gasteiger partial charge in [0, 0.05) is 18.8 Å². The molecule has 3 heterocycles. The number of aromatic nitrogens is 1. The van der Waals surface area contributed by atoms with Crippen LogP contribution in [0.15, 0.2) is 95.9 Å². The Morgan fingerprint density at radius 1 is 0.878 bits per heavy atom. The molecule has 7 heteroatoms. The highest BCUT2D eigenvalue weighted by Crippen LogP contribution is 2.40. The Bertz CT molecular complexity index is 1690. The minimum absolute atomic E-state index is 0.0689. The van der Waals surface area contributed by atoms with E-state index in [4.69, 9.17) is 9.47 Å². The molecule has 206 valence electrons. The second-order valence-corrected chi connectivity index (χ2v) is 10.6. The molecule has 1 amide bonds. The van der Waals surface area contributed by atoms with Crippen LogP contribution in [0.25, 0.3) is 6.08 Å². The fourth-order valence-corrected chi connectivity index (χ4v) is 6.22. The van der Waals surface area contributed by atoms with Crippen LogP contribution in [0.2, 0.25) is 0 Å². The van der Waals surface area contributed by atoms with Gasteiger partial charge in [-0.05, 0) is 46.2 Å². The Hall–Kier alpha value is -4.62. The number of ether oxygens (including phenoxy) is 2. The molecule has 0 fully saturated rings. The van der Waals surface area contributed by atoms with Gasteiger partial charge >= 0.3 is 0 Å². The van der Waals surface area contributed by atoms with Crippen LogP contribution in [-0.2, 0) is 24.2 Å². The molecule has 0 N–H and O–H groups in total. The zero-order valence-corrected chi connectivity index (χ0v) is 22.7. The zero-order valence-electron chi connectivity index (χ0n) is 22.7. The van der Waals surface area contributed by atoms with E-state index < -0.39 is 0 Å². The minimum atomic E-state index is -0.315. The van der Waals surface area contributed by atoms with E-state index in [1.807, 2.05) is 41.1 Å². The van der Waals surface area contributed by atoms with Gasteiger partial charge in [0.05, 0.1) is 19.3 Å². The van der Waals surface area contributed by atoms with Crippen molar-refractivity contribution in [2.24, 2.45) is 0 Å². The highest BCUT2D eigenvalue weighted by molar-refractivity contribution is 5.96. The maximum Gasteiger partial charge on any atom is 0.277 e. The normalized spacial score (nSPS) is 18.6. The standard InChI is InChI=1S/C34H31N3O4/c38-29-17-18-36-32(33(29)41-22-24-8-2-1-3-9-24)34(39)35-19-21-40-20-7-13-26-11-6-12-27-16-15-25-10-4-5-14-28(25)31(30(26)27)37(36)23-35/h1-14,17-18,31H,15-16,19-23H2/b13-7-/t31-/m0/s1. The fraction of sp³-hybridized carbons (Fsp3) is 0.235. The Morgan fingerprint density at radius 2 is 1.68 bits per heavy atom. The number of rotatable bonds is 3. The minimum Gasteiger partial charge on any atom is -0.482 e. The average molecular weight is 546 g/mol. The first-order chi connectivity index (χ1) is 20.2. The van der Waals surface area contributed by atoms with Gasteiger partial charge < -0.3 is 14.4 Å². The lowest BCUT2D eigenvalue weighted by atomic mass is 9.90. The molecule has 2 bridgehead atoms. The van der Waals surface area contributed by atoms with Gasteiger partial charge in [0.25, 0.3) is 5.91 Å². The predicted molar refractivity (Wildman–Crippen MR) is 158 cm³/mol. The van der Waals surface area contributed by atoms with E-state index in [1.54, 1.807) is 11.1 Å². The Kier molecular flexibility index (Phi) is 6.65. The van der Waals surface area contributed by atoms with Crippen molar-refractivity contribution in [3.05, 3.63) is 140 Å². The number of benzene rings is 3. The molecule has 0 radical (unpaired) electrons. The van der Waals surface area contributed by atoms with Crippen molar-refractivity contribution >= 4 is 12.0 Å². The lowest BCUT2D eigenvalue weighted by Crippen LogP contribution is -2.56. The SMILES string of the molecule is O=C1c2c(OCc3ccccc3)c(=O)ccn2N2CN1CCOC/C=C\c1cccc3c1[C@@H]2c1ccccc1CC3. The number of carbonyl (C=O) groups excluding carboxylic acids is 1. The van der Waals surface area contributed by atoms with Crippen LogP contribution in [0, 0.1) is 0 Å². The topological polar surface area (TPSA) is 64.0 Å². The van der Waals surface area contributed by atoms with E-state index in [9.17, 15) is 9.59 Å². The van der Waals surface area contributed by atoms with E-state index in [-0.39, 0.29) is 35.4 Å². The maximum atomic E-state index is 14.1. The zero-order chi connectivity index (χ0) is 27.8. The van der Waals surface area contributed by atoms with E-state index in [0.29, 0.717) is 26.4 Å². The van der Waals surface area contributed by atoms with Crippen molar-refractivity contribution in [2.75, 3.05) is 31.4 Å². The summed E-state index contributed by atoms with van der Waals surface area (Å²) in [6, 6.07) is 26.0. The van der Waals surface area contributed by atoms with Crippen molar-refractivity contribution in [3.8, 4) is 5.75 Å². The molecular weight excluding hydrogens is 514 g/mol. The molecule has 7 rings (SSSR count). The third-order valence-electron chi connectivity index (χ3n) is 8.18. The van der Waals surface area contributed by atoms with Crippen LogP contribution in [-0.4, -0.2) is 41.9 Å². The van der Waals surface area contributed by atoms with Crippen LogP contribution in [0.4, 0.5) is 0 Å². The summed E-state index contributed by atoms with van der Waals surface area (Å²) in [7, 11) is 0. The largest absolute Gasteiger partial charge is 0.482 e. The fourth-order valence-electron chi connectivity index (χ4n) is 6.22. The molecule has 1 aliphatic carbocycles. The number of carbonyl (C=O) groups is 1. The lowest BCUT2D eigenvalue weighted by molar-refractivity contribution is 0.0588. The second kappa shape index (κ2) is 10.7. The van der Waals surface area contributed by atoms with Crippen LogP contribution >= 0.6 is 0 Å². The molecular formula is C34H31N3O4. The third-order valence-corrected chi connectivity index (χ3v) is 8.18. The third kappa shape index (κ3) is 4.62. The summed E-state index contributed by atoms with van der Waals surface area (Å²) >= 11 is 0. The van der Waals surface area contributed by atoms with E-state index in [1.165, 1.54) is 28.3 Å². The molecule has 1 aromatic heterocycles. The first-order valence-electron chi connectivity index (χ1n) is 14.1. The van der Waals surface area contributed by atoms with Gasteiger partial charge in [-0.2, -0.15) is 0 Å². The summed E-state index contributed by atoms with van der Waals surface area (Å²) in [5.74, 6) is -0.173. The van der Waals surface area contributed by atoms with Gasteiger partial charge in [-0.3, -0.25) is 19.3 Å². The first kappa shape index (κ1) is 25.4. The number of hydrogen-bond donors (Lipinski definition) is 0. The van der Waals surface area contributed by atoms with Crippen molar-refractivity contribution in [3.63, 3.8) is 0 Å². The Labute approximate surface area is 238 Å². The molecule has 2 aliphatic heterocycles. The van der Waals surface area contributed by atoms with Gasteiger partial charge in [-0.1, -0.05) is 84.9 Å². The monoisotopic (exact) mass is 545 g/mol. The molecule has 0 saturated carbocycles. The summed E-state index contributed by atoms with van der Waals surface area (Å²) in [6.07, 6.45) is 7.76. The number of hydrogen-bond acceptors (Lipinski definition) is 5. The maximum absolute atomic E-state index is 14.1. The van der Waals surface area contributed by atoms with E-state index in [0.717, 1.165) is 24.0 Å². The second-order valence-electron chi connectivity index (χ2n) is 10.6. The molecule has 0 unspecified atom stereocenters. The molecule has 1 atom stereocenters. The molecule has 4 aromatic rings. The Balaban J connectivity index is 1.45. The molecule has 3 aromatic carbocycles. The quantitative estimate of drug-likeness (QED) is 0.373. The van der Waals surface area contributed by atoms with Crippen LogP contribution in [0.1, 0.15) is 49.9 Å². The van der Waals surface area contributed by atoms with Gasteiger partial charge in [-0.15, -0.1) is 0 Å². The number of aryl methyl sites for hydroxylation is 2. The van der Waals surface area contributed by atoms with E-state index in [2.05, 4.69) is 53.5 Å². The lowest BCUT2D eigenvalue weighted by Gasteiger charge is -2.45. The van der Waals surface area contributed by atoms with Crippen molar-refractivity contribution in [1.29, 1.82) is 0 Å². The summed E-state index contributed by atoms with van der Waals surface area (Å²) in [4.78, 5) is 29.1.